The highest BCUT2D eigenvalue weighted by Crippen LogP contribution is 2.34. The van der Waals surface area contributed by atoms with Gasteiger partial charge in [0, 0.05) is 16.5 Å². The van der Waals surface area contributed by atoms with Crippen molar-refractivity contribution in [2.45, 2.75) is 25.0 Å². The molecule has 9 heteroatoms. The topological polar surface area (TPSA) is 52.9 Å². The van der Waals surface area contributed by atoms with E-state index in [1.54, 1.807) is 0 Å². The zero-order valence-corrected chi connectivity index (χ0v) is 11.9. The normalized spacial score (nSPS) is 22.1. The molecule has 0 saturated heterocycles. The van der Waals surface area contributed by atoms with Crippen molar-refractivity contribution in [3.63, 3.8) is 0 Å². The minimum absolute atomic E-state index is 0.0302. The number of nitrogens with zero attached hydrogens (tertiary/aromatic N) is 2. The van der Waals surface area contributed by atoms with Crippen LogP contribution in [0.5, 0.6) is 0 Å². The van der Waals surface area contributed by atoms with Gasteiger partial charge in [-0.1, -0.05) is 15.9 Å². The number of hydrogen-bond acceptors (Lipinski definition) is 3. The summed E-state index contributed by atoms with van der Waals surface area (Å²) in [7, 11) is 0. The van der Waals surface area contributed by atoms with Gasteiger partial charge in [-0.05, 0) is 24.3 Å². The molecule has 0 aromatic heterocycles. The Kier molecular flexibility index (Phi) is 4.33. The van der Waals surface area contributed by atoms with Gasteiger partial charge in [0.05, 0.1) is 0 Å². The van der Waals surface area contributed by atoms with E-state index in [0.717, 1.165) is 0 Å². The van der Waals surface area contributed by atoms with Gasteiger partial charge in [-0.25, -0.2) is 17.6 Å². The summed E-state index contributed by atoms with van der Waals surface area (Å²) in [5, 5.41) is 13.0. The third kappa shape index (κ3) is 2.93. The second kappa shape index (κ2) is 5.72. The Balaban J connectivity index is 2.38. The third-order valence-corrected chi connectivity index (χ3v) is 3.45. The van der Waals surface area contributed by atoms with E-state index in [1.807, 2.05) is 0 Å². The molecule has 2 rings (SSSR count). The number of benzene rings is 1. The molecule has 21 heavy (non-hydrogen) atoms. The summed E-state index contributed by atoms with van der Waals surface area (Å²) in [5.74, 6) is -1.08. The van der Waals surface area contributed by atoms with Crippen molar-refractivity contribution < 1.29 is 27.5 Å². The van der Waals surface area contributed by atoms with Crippen LogP contribution < -0.4 is 0 Å². The third-order valence-electron chi connectivity index (χ3n) is 2.92. The summed E-state index contributed by atoms with van der Waals surface area (Å²) in [4.78, 5) is 12.1. The molecule has 1 heterocycles. The Morgan fingerprint density at radius 2 is 1.86 bits per heavy atom. The Morgan fingerprint density at radius 3 is 2.33 bits per heavy atom. The van der Waals surface area contributed by atoms with Gasteiger partial charge in [0.15, 0.2) is 0 Å². The summed E-state index contributed by atoms with van der Waals surface area (Å²) in [6.45, 7) is 0. The van der Waals surface area contributed by atoms with E-state index in [4.69, 9.17) is 0 Å². The van der Waals surface area contributed by atoms with Gasteiger partial charge >= 0.3 is 0 Å². The fraction of sp³-hybridized carbons (Fsp3) is 0.333. The molecule has 1 aliphatic heterocycles. The van der Waals surface area contributed by atoms with Gasteiger partial charge in [0.1, 0.15) is 5.71 Å². The molecule has 1 N–H and O–H groups in total. The number of carbonyl (C=O) groups excluding carboxylic acids is 1. The van der Waals surface area contributed by atoms with Crippen molar-refractivity contribution in [1.82, 2.24) is 5.01 Å². The number of hydrazone groups is 1. The SMILES string of the molecule is O=C(c1ccc(Br)cc1)N1N=C(C(F)F)C[C@@]1(O)C(F)F. The minimum Gasteiger partial charge on any atom is -0.364 e. The monoisotopic (exact) mass is 368 g/mol. The highest BCUT2D eigenvalue weighted by Gasteiger charge is 2.53. The molecule has 114 valence electrons. The zero-order valence-electron chi connectivity index (χ0n) is 10.3. The van der Waals surface area contributed by atoms with E-state index in [1.165, 1.54) is 24.3 Å². The lowest BCUT2D eigenvalue weighted by molar-refractivity contribution is -0.164. The maximum absolute atomic E-state index is 13.0. The highest BCUT2D eigenvalue weighted by molar-refractivity contribution is 9.10. The standard InChI is InChI=1S/C12H9BrF4N2O2/c13-7-3-1-6(2-4-7)10(20)19-12(21,11(16)17)5-8(18-19)9(14)15/h1-4,9,11,21H,5H2/t12-/m1/s1. The first kappa shape index (κ1) is 15.9. The maximum Gasteiger partial charge on any atom is 0.287 e. The first-order valence-corrected chi connectivity index (χ1v) is 6.51. The molecule has 1 aromatic rings. The second-order valence-corrected chi connectivity index (χ2v) is 5.29. The first-order valence-electron chi connectivity index (χ1n) is 5.72. The quantitative estimate of drug-likeness (QED) is 0.834. The Bertz CT molecular complexity index is 579. The first-order chi connectivity index (χ1) is 9.75. The number of aliphatic hydroxyl groups is 1. The summed E-state index contributed by atoms with van der Waals surface area (Å²) in [5.41, 5.74) is -4.07. The molecule has 0 aliphatic carbocycles. The van der Waals surface area contributed by atoms with Crippen molar-refractivity contribution in [2.24, 2.45) is 5.10 Å². The van der Waals surface area contributed by atoms with Crippen LogP contribution in [0.1, 0.15) is 16.8 Å². The van der Waals surface area contributed by atoms with E-state index in [0.29, 0.717) is 4.47 Å². The van der Waals surface area contributed by atoms with Gasteiger partial charge in [0.25, 0.3) is 18.8 Å². The molecular formula is C12H9BrF4N2O2. The van der Waals surface area contributed by atoms with Crippen LogP contribution in [0.3, 0.4) is 0 Å². The van der Waals surface area contributed by atoms with Gasteiger partial charge < -0.3 is 5.11 Å². The molecule has 0 saturated carbocycles. The van der Waals surface area contributed by atoms with E-state index in [9.17, 15) is 27.5 Å². The molecule has 1 amide bonds. The molecule has 1 aromatic carbocycles. The average molecular weight is 369 g/mol. The van der Waals surface area contributed by atoms with Gasteiger partial charge in [-0.15, -0.1) is 0 Å². The van der Waals surface area contributed by atoms with Gasteiger partial charge in [-0.3, -0.25) is 4.79 Å². The lowest BCUT2D eigenvalue weighted by Gasteiger charge is -2.29. The maximum atomic E-state index is 13.0. The van der Waals surface area contributed by atoms with E-state index in [-0.39, 0.29) is 10.6 Å². The molecule has 0 bridgehead atoms. The van der Waals surface area contributed by atoms with E-state index < -0.39 is 36.6 Å². The van der Waals surface area contributed by atoms with Crippen LogP contribution in [-0.2, 0) is 0 Å². The lowest BCUT2D eigenvalue weighted by Crippen LogP contribution is -2.51. The Hall–Kier alpha value is -1.48. The molecule has 1 aliphatic rings. The number of alkyl halides is 4. The summed E-state index contributed by atoms with van der Waals surface area (Å²) < 4.78 is 51.8. The van der Waals surface area contributed by atoms with Crippen LogP contribution in [0.2, 0.25) is 0 Å². The van der Waals surface area contributed by atoms with Crippen molar-refractivity contribution in [3.05, 3.63) is 34.3 Å². The average Bonchev–Trinajstić information content (AvgIpc) is 2.78. The molecule has 0 fully saturated rings. The fourth-order valence-electron chi connectivity index (χ4n) is 1.82. The van der Waals surface area contributed by atoms with E-state index >= 15 is 0 Å². The van der Waals surface area contributed by atoms with Crippen LogP contribution in [0, 0.1) is 0 Å². The smallest absolute Gasteiger partial charge is 0.287 e. The summed E-state index contributed by atoms with van der Waals surface area (Å²) in [6.07, 6.45) is -7.65. The van der Waals surface area contributed by atoms with Crippen LogP contribution in [0.4, 0.5) is 17.6 Å². The van der Waals surface area contributed by atoms with Crippen molar-refractivity contribution in [3.8, 4) is 0 Å². The number of amides is 1. The molecule has 0 unspecified atom stereocenters. The van der Waals surface area contributed by atoms with Gasteiger partial charge in [-0.2, -0.15) is 10.1 Å². The van der Waals surface area contributed by atoms with Crippen LogP contribution in [0.15, 0.2) is 33.8 Å². The van der Waals surface area contributed by atoms with Crippen LogP contribution >= 0.6 is 15.9 Å². The predicted molar refractivity (Wildman–Crippen MR) is 69.3 cm³/mol. The Labute approximate surface area is 125 Å². The van der Waals surface area contributed by atoms with Crippen LogP contribution in [-0.4, -0.2) is 40.3 Å². The molecule has 0 spiro atoms. The largest absolute Gasteiger partial charge is 0.364 e. The highest BCUT2D eigenvalue weighted by atomic mass is 79.9. The van der Waals surface area contributed by atoms with Crippen LogP contribution in [0.25, 0.3) is 0 Å². The number of rotatable bonds is 3. The van der Waals surface area contributed by atoms with Crippen molar-refractivity contribution in [1.29, 1.82) is 0 Å². The molecule has 1 atom stereocenters. The molecule has 4 nitrogen and oxygen atoms in total. The van der Waals surface area contributed by atoms with Crippen molar-refractivity contribution >= 4 is 27.5 Å². The zero-order chi connectivity index (χ0) is 15.8. The summed E-state index contributed by atoms with van der Waals surface area (Å²) >= 11 is 3.13. The molecule has 0 radical (unpaired) electrons. The summed E-state index contributed by atoms with van der Waals surface area (Å²) in [6, 6.07) is 5.55. The predicted octanol–water partition coefficient (Wildman–Crippen LogP) is 2.87. The van der Waals surface area contributed by atoms with Gasteiger partial charge in [0.2, 0.25) is 5.72 Å². The minimum atomic E-state index is -3.43. The Morgan fingerprint density at radius 1 is 1.29 bits per heavy atom. The lowest BCUT2D eigenvalue weighted by atomic mass is 10.1. The number of hydrogen-bond donors (Lipinski definition) is 1. The number of halogens is 5. The second-order valence-electron chi connectivity index (χ2n) is 4.37. The fourth-order valence-corrected chi connectivity index (χ4v) is 2.08. The van der Waals surface area contributed by atoms with Crippen molar-refractivity contribution in [2.75, 3.05) is 0 Å². The van der Waals surface area contributed by atoms with E-state index in [2.05, 4.69) is 21.0 Å². The molecular weight excluding hydrogens is 360 g/mol. The number of carbonyl (C=O) groups is 1.